The highest BCUT2D eigenvalue weighted by Crippen LogP contribution is 2.21. The topological polar surface area (TPSA) is 61.8 Å². The molecule has 0 saturated carbocycles. The molecule has 1 aromatic carbocycles. The predicted molar refractivity (Wildman–Crippen MR) is 77.3 cm³/mol. The summed E-state index contributed by atoms with van der Waals surface area (Å²) in [4.78, 5) is 0. The Labute approximate surface area is 110 Å². The molecule has 0 aromatic heterocycles. The normalized spacial score (nSPS) is 12.2. The average Bonchev–Trinajstić information content (AvgIpc) is 2.31. The van der Waals surface area contributed by atoms with Crippen molar-refractivity contribution in [3.05, 3.63) is 23.8 Å². The lowest BCUT2D eigenvalue weighted by molar-refractivity contribution is 0.520. The molecular formula is C15H23N3. The first kappa shape index (κ1) is 14.4. The Hall–Kier alpha value is -1.69. The summed E-state index contributed by atoms with van der Waals surface area (Å²) in [5, 5.41) is 12.2. The second-order valence-corrected chi connectivity index (χ2v) is 5.28. The third-order valence-corrected chi connectivity index (χ3v) is 3.00. The highest BCUT2D eigenvalue weighted by molar-refractivity contribution is 5.68. The first-order chi connectivity index (χ1) is 8.52. The van der Waals surface area contributed by atoms with Gasteiger partial charge < -0.3 is 11.1 Å². The van der Waals surface area contributed by atoms with Gasteiger partial charge in [-0.15, -0.1) is 0 Å². The highest BCUT2D eigenvalue weighted by Gasteiger charge is 2.06. The molecule has 3 heteroatoms. The van der Waals surface area contributed by atoms with Gasteiger partial charge in [0.25, 0.3) is 0 Å². The van der Waals surface area contributed by atoms with Crippen LogP contribution in [0.25, 0.3) is 0 Å². The van der Waals surface area contributed by atoms with Crippen molar-refractivity contribution < 1.29 is 0 Å². The molecular weight excluding hydrogens is 222 g/mol. The molecule has 0 radical (unpaired) electrons. The van der Waals surface area contributed by atoms with Crippen LogP contribution >= 0.6 is 0 Å². The summed E-state index contributed by atoms with van der Waals surface area (Å²) in [5.41, 5.74) is 8.08. The molecule has 0 aliphatic heterocycles. The second-order valence-electron chi connectivity index (χ2n) is 5.28. The zero-order valence-electron chi connectivity index (χ0n) is 11.5. The van der Waals surface area contributed by atoms with E-state index in [1.54, 1.807) is 12.1 Å². The van der Waals surface area contributed by atoms with Crippen LogP contribution in [0.1, 0.15) is 45.6 Å². The van der Waals surface area contributed by atoms with Gasteiger partial charge in [0.05, 0.1) is 23.0 Å². The number of anilines is 2. The van der Waals surface area contributed by atoms with Gasteiger partial charge in [-0.25, -0.2) is 0 Å². The maximum absolute atomic E-state index is 8.78. The van der Waals surface area contributed by atoms with Gasteiger partial charge in [-0.2, -0.15) is 5.26 Å². The molecule has 18 heavy (non-hydrogen) atoms. The van der Waals surface area contributed by atoms with Crippen molar-refractivity contribution in [2.45, 2.75) is 46.1 Å². The number of rotatable bonds is 6. The van der Waals surface area contributed by atoms with E-state index in [4.69, 9.17) is 11.0 Å². The quantitative estimate of drug-likeness (QED) is 0.750. The summed E-state index contributed by atoms with van der Waals surface area (Å²) in [7, 11) is 0. The van der Waals surface area contributed by atoms with Crippen LogP contribution in [0.15, 0.2) is 18.2 Å². The molecule has 3 nitrogen and oxygen atoms in total. The van der Waals surface area contributed by atoms with E-state index >= 15 is 0 Å². The minimum Gasteiger partial charge on any atom is -0.397 e. The van der Waals surface area contributed by atoms with E-state index in [2.05, 4.69) is 32.2 Å². The van der Waals surface area contributed by atoms with E-state index in [0.717, 1.165) is 18.0 Å². The standard InChI is InChI=1S/C15H23N3/c1-11(2)5-4-6-12(3)18-15-8-7-13(10-16)9-14(15)17/h7-9,11-12,18H,4-6,17H2,1-3H3. The first-order valence-corrected chi connectivity index (χ1v) is 6.59. The molecule has 0 fully saturated rings. The number of nitrogens with zero attached hydrogens (tertiary/aromatic N) is 1. The Bertz CT molecular complexity index is 418. The highest BCUT2D eigenvalue weighted by atomic mass is 14.9. The van der Waals surface area contributed by atoms with Gasteiger partial charge >= 0.3 is 0 Å². The van der Waals surface area contributed by atoms with Crippen molar-refractivity contribution >= 4 is 11.4 Å². The monoisotopic (exact) mass is 245 g/mol. The Morgan fingerprint density at radius 1 is 1.28 bits per heavy atom. The van der Waals surface area contributed by atoms with Gasteiger partial charge in [-0.05, 0) is 37.5 Å². The largest absolute Gasteiger partial charge is 0.397 e. The molecule has 0 saturated heterocycles. The van der Waals surface area contributed by atoms with E-state index in [9.17, 15) is 0 Å². The minimum absolute atomic E-state index is 0.402. The number of nitriles is 1. The predicted octanol–water partition coefficient (Wildman–Crippen LogP) is 3.77. The van der Waals surface area contributed by atoms with Crippen LogP contribution in [0.4, 0.5) is 11.4 Å². The zero-order valence-corrected chi connectivity index (χ0v) is 11.5. The van der Waals surface area contributed by atoms with Crippen LogP contribution in [0.2, 0.25) is 0 Å². The Morgan fingerprint density at radius 3 is 2.56 bits per heavy atom. The third kappa shape index (κ3) is 4.67. The SMILES string of the molecule is CC(C)CCCC(C)Nc1ccc(C#N)cc1N. The van der Waals surface area contributed by atoms with Crippen molar-refractivity contribution in [2.75, 3.05) is 11.1 Å². The molecule has 1 aromatic rings. The Kier molecular flexibility index (Phi) is 5.51. The summed E-state index contributed by atoms with van der Waals surface area (Å²) in [6, 6.07) is 7.87. The van der Waals surface area contributed by atoms with E-state index < -0.39 is 0 Å². The molecule has 0 amide bonds. The molecule has 1 unspecified atom stereocenters. The summed E-state index contributed by atoms with van der Waals surface area (Å²) >= 11 is 0. The molecule has 0 aliphatic carbocycles. The molecule has 0 heterocycles. The van der Waals surface area contributed by atoms with Gasteiger partial charge in [-0.3, -0.25) is 0 Å². The molecule has 1 atom stereocenters. The van der Waals surface area contributed by atoms with Crippen molar-refractivity contribution in [2.24, 2.45) is 5.92 Å². The molecule has 98 valence electrons. The Balaban J connectivity index is 2.49. The van der Waals surface area contributed by atoms with E-state index in [1.807, 2.05) is 6.07 Å². The van der Waals surface area contributed by atoms with E-state index in [-0.39, 0.29) is 0 Å². The lowest BCUT2D eigenvalue weighted by Gasteiger charge is -2.17. The van der Waals surface area contributed by atoms with Gasteiger partial charge in [0.2, 0.25) is 0 Å². The van der Waals surface area contributed by atoms with Crippen molar-refractivity contribution in [3.63, 3.8) is 0 Å². The van der Waals surface area contributed by atoms with Crippen LogP contribution in [-0.2, 0) is 0 Å². The first-order valence-electron chi connectivity index (χ1n) is 6.59. The van der Waals surface area contributed by atoms with Gasteiger partial charge in [0, 0.05) is 6.04 Å². The zero-order chi connectivity index (χ0) is 13.5. The Morgan fingerprint density at radius 2 is 2.00 bits per heavy atom. The maximum Gasteiger partial charge on any atom is 0.0992 e. The third-order valence-electron chi connectivity index (χ3n) is 3.00. The van der Waals surface area contributed by atoms with Crippen LogP contribution < -0.4 is 11.1 Å². The van der Waals surface area contributed by atoms with Crippen LogP contribution in [-0.4, -0.2) is 6.04 Å². The number of benzene rings is 1. The van der Waals surface area contributed by atoms with Crippen LogP contribution in [0.3, 0.4) is 0 Å². The second kappa shape index (κ2) is 6.90. The average molecular weight is 245 g/mol. The summed E-state index contributed by atoms with van der Waals surface area (Å²) in [6.45, 7) is 6.66. The molecule has 1 rings (SSSR count). The summed E-state index contributed by atoms with van der Waals surface area (Å²) in [6.07, 6.45) is 3.62. The summed E-state index contributed by atoms with van der Waals surface area (Å²) < 4.78 is 0. The molecule has 0 spiro atoms. The van der Waals surface area contributed by atoms with Crippen molar-refractivity contribution in [3.8, 4) is 6.07 Å². The number of nitrogens with two attached hydrogens (primary N) is 1. The lowest BCUT2D eigenvalue weighted by Crippen LogP contribution is -2.16. The number of nitrogens with one attached hydrogen (secondary N) is 1. The van der Waals surface area contributed by atoms with E-state index in [0.29, 0.717) is 17.3 Å². The van der Waals surface area contributed by atoms with Gasteiger partial charge in [0.15, 0.2) is 0 Å². The molecule has 0 aliphatic rings. The summed E-state index contributed by atoms with van der Waals surface area (Å²) in [5.74, 6) is 0.761. The van der Waals surface area contributed by atoms with Crippen LogP contribution in [0, 0.1) is 17.2 Å². The number of hydrogen-bond acceptors (Lipinski definition) is 3. The minimum atomic E-state index is 0.402. The molecule has 0 bridgehead atoms. The lowest BCUT2D eigenvalue weighted by atomic mass is 10.0. The fourth-order valence-corrected chi connectivity index (χ4v) is 1.93. The molecule has 3 N–H and O–H groups in total. The van der Waals surface area contributed by atoms with Gasteiger partial charge in [-0.1, -0.05) is 26.7 Å². The van der Waals surface area contributed by atoms with Crippen molar-refractivity contribution in [1.82, 2.24) is 0 Å². The smallest absolute Gasteiger partial charge is 0.0992 e. The number of nitrogen functional groups attached to an aromatic ring is 1. The number of hydrogen-bond donors (Lipinski definition) is 2. The van der Waals surface area contributed by atoms with Gasteiger partial charge in [0.1, 0.15) is 0 Å². The van der Waals surface area contributed by atoms with Crippen LogP contribution in [0.5, 0.6) is 0 Å². The van der Waals surface area contributed by atoms with E-state index in [1.165, 1.54) is 12.8 Å². The fraction of sp³-hybridized carbons (Fsp3) is 0.533. The van der Waals surface area contributed by atoms with Crippen molar-refractivity contribution in [1.29, 1.82) is 5.26 Å². The maximum atomic E-state index is 8.78. The fourth-order valence-electron chi connectivity index (χ4n) is 1.93.